The largest absolute Gasteiger partial charge is 0.448 e. The number of fused-ring (bicyclic) bond motifs is 1. The minimum Gasteiger partial charge on any atom is -0.448 e. The SMILES string of the molecule is CC(=O)NC(C)c1ccc(-c2csc(NC(=O)c3ccc(-c4nc5ccccc5s4)o3)n2)cc1. The maximum atomic E-state index is 12.7. The van der Waals surface area contributed by atoms with E-state index in [4.69, 9.17) is 4.42 Å². The van der Waals surface area contributed by atoms with Crippen LogP contribution in [0.4, 0.5) is 5.13 Å². The van der Waals surface area contributed by atoms with Crippen LogP contribution in [0, 0.1) is 0 Å². The molecule has 0 fully saturated rings. The van der Waals surface area contributed by atoms with Crippen molar-refractivity contribution in [2.45, 2.75) is 19.9 Å². The molecule has 5 rings (SSSR count). The lowest BCUT2D eigenvalue weighted by Crippen LogP contribution is -2.23. The third-order valence-electron chi connectivity index (χ3n) is 5.19. The van der Waals surface area contributed by atoms with Crippen LogP contribution in [-0.2, 0) is 4.79 Å². The predicted octanol–water partition coefficient (Wildman–Crippen LogP) is 6.13. The molecule has 9 heteroatoms. The first-order valence-electron chi connectivity index (χ1n) is 10.6. The molecule has 0 radical (unpaired) electrons. The van der Waals surface area contributed by atoms with Crippen molar-refractivity contribution >= 4 is 49.8 Å². The Morgan fingerprint density at radius 2 is 1.79 bits per heavy atom. The van der Waals surface area contributed by atoms with Gasteiger partial charge in [-0.05, 0) is 36.8 Å². The van der Waals surface area contributed by atoms with E-state index < -0.39 is 0 Å². The van der Waals surface area contributed by atoms with Crippen LogP contribution in [-0.4, -0.2) is 21.8 Å². The van der Waals surface area contributed by atoms with Gasteiger partial charge in [-0.3, -0.25) is 14.9 Å². The van der Waals surface area contributed by atoms with Crippen molar-refractivity contribution in [1.29, 1.82) is 0 Å². The number of carbonyl (C=O) groups is 2. The van der Waals surface area contributed by atoms with Gasteiger partial charge >= 0.3 is 0 Å². The molecule has 2 amide bonds. The zero-order valence-corrected chi connectivity index (χ0v) is 20.0. The Hall–Kier alpha value is -3.82. The molecule has 7 nitrogen and oxygen atoms in total. The third kappa shape index (κ3) is 4.61. The van der Waals surface area contributed by atoms with E-state index in [-0.39, 0.29) is 23.6 Å². The highest BCUT2D eigenvalue weighted by Gasteiger charge is 2.17. The smallest absolute Gasteiger partial charge is 0.293 e. The summed E-state index contributed by atoms with van der Waals surface area (Å²) in [5, 5.41) is 8.76. The summed E-state index contributed by atoms with van der Waals surface area (Å²) in [5.41, 5.74) is 3.59. The molecule has 0 aliphatic carbocycles. The molecule has 0 saturated carbocycles. The van der Waals surface area contributed by atoms with Crippen LogP contribution in [0.3, 0.4) is 0 Å². The van der Waals surface area contributed by atoms with Crippen molar-refractivity contribution in [2.24, 2.45) is 0 Å². The molecule has 170 valence electrons. The molecule has 0 saturated heterocycles. The molecule has 5 aromatic rings. The number of anilines is 1. The monoisotopic (exact) mass is 488 g/mol. The third-order valence-corrected chi connectivity index (χ3v) is 6.99. The summed E-state index contributed by atoms with van der Waals surface area (Å²) in [5.74, 6) is 0.315. The molecule has 0 aliphatic rings. The zero-order chi connectivity index (χ0) is 23.7. The van der Waals surface area contributed by atoms with Gasteiger partial charge in [-0.1, -0.05) is 36.4 Å². The number of furan rings is 1. The van der Waals surface area contributed by atoms with Gasteiger partial charge in [0, 0.05) is 17.9 Å². The number of thiazole rings is 2. The first kappa shape index (κ1) is 22.0. The highest BCUT2D eigenvalue weighted by molar-refractivity contribution is 7.21. The van der Waals surface area contributed by atoms with Gasteiger partial charge < -0.3 is 9.73 Å². The highest BCUT2D eigenvalue weighted by Crippen LogP contribution is 2.32. The number of amides is 2. The number of aromatic nitrogens is 2. The Morgan fingerprint density at radius 1 is 1.00 bits per heavy atom. The Bertz CT molecular complexity index is 1450. The van der Waals surface area contributed by atoms with Crippen molar-refractivity contribution < 1.29 is 14.0 Å². The highest BCUT2D eigenvalue weighted by atomic mass is 32.1. The van der Waals surface area contributed by atoms with Crippen LogP contribution in [0.5, 0.6) is 0 Å². The quantitative estimate of drug-likeness (QED) is 0.300. The second kappa shape index (κ2) is 9.20. The molecule has 0 aliphatic heterocycles. The van der Waals surface area contributed by atoms with Gasteiger partial charge in [0.25, 0.3) is 5.91 Å². The summed E-state index contributed by atoms with van der Waals surface area (Å²) in [6.45, 7) is 3.43. The Kier molecular flexibility index (Phi) is 5.95. The van der Waals surface area contributed by atoms with E-state index in [0.717, 1.165) is 32.0 Å². The molecule has 3 heterocycles. The van der Waals surface area contributed by atoms with E-state index in [1.807, 2.05) is 60.8 Å². The molecule has 0 spiro atoms. The van der Waals surface area contributed by atoms with Gasteiger partial charge in [-0.15, -0.1) is 22.7 Å². The summed E-state index contributed by atoms with van der Waals surface area (Å²) in [7, 11) is 0. The molecule has 2 aromatic carbocycles. The van der Waals surface area contributed by atoms with Crippen LogP contribution in [0.1, 0.15) is 36.0 Å². The summed E-state index contributed by atoms with van der Waals surface area (Å²) in [4.78, 5) is 33.0. The minimum atomic E-state index is -0.368. The number of benzene rings is 2. The molecule has 3 aromatic heterocycles. The molecule has 1 unspecified atom stereocenters. The normalized spacial score (nSPS) is 11.9. The first-order valence-corrected chi connectivity index (χ1v) is 12.3. The minimum absolute atomic E-state index is 0.0692. The zero-order valence-electron chi connectivity index (χ0n) is 18.4. The van der Waals surface area contributed by atoms with Gasteiger partial charge in [0.05, 0.1) is 22.0 Å². The number of hydrogen-bond acceptors (Lipinski definition) is 7. The van der Waals surface area contributed by atoms with Gasteiger partial charge in [0.15, 0.2) is 21.7 Å². The van der Waals surface area contributed by atoms with Crippen molar-refractivity contribution in [3.63, 3.8) is 0 Å². The summed E-state index contributed by atoms with van der Waals surface area (Å²) < 4.78 is 6.83. The average molecular weight is 489 g/mol. The van der Waals surface area contributed by atoms with Crippen LogP contribution >= 0.6 is 22.7 Å². The molecule has 34 heavy (non-hydrogen) atoms. The van der Waals surface area contributed by atoms with Gasteiger partial charge in [-0.2, -0.15) is 0 Å². The number of rotatable bonds is 6. The average Bonchev–Trinajstić information content (AvgIpc) is 3.57. The standard InChI is InChI=1S/C25H20N4O3S2/c1-14(26-15(2)30)16-7-9-17(10-8-16)19-13-33-25(28-19)29-23(31)20-11-12-21(32-20)24-27-18-5-3-4-6-22(18)34-24/h3-14H,1-2H3,(H,26,30)(H,28,29,31). The Balaban J connectivity index is 1.27. The maximum Gasteiger partial charge on any atom is 0.293 e. The molecule has 0 bridgehead atoms. The number of para-hydroxylation sites is 1. The number of nitrogens with one attached hydrogen (secondary N) is 2. The first-order chi connectivity index (χ1) is 16.5. The van der Waals surface area contributed by atoms with Crippen LogP contribution < -0.4 is 10.6 Å². The molecular formula is C25H20N4O3S2. The number of carbonyl (C=O) groups excluding carboxylic acids is 2. The molecular weight excluding hydrogens is 468 g/mol. The van der Waals surface area contributed by atoms with E-state index in [2.05, 4.69) is 20.6 Å². The number of nitrogens with zero attached hydrogens (tertiary/aromatic N) is 2. The predicted molar refractivity (Wildman–Crippen MR) is 135 cm³/mol. The second-order valence-electron chi connectivity index (χ2n) is 7.69. The molecule has 1 atom stereocenters. The van der Waals surface area contributed by atoms with Crippen LogP contribution in [0.25, 0.3) is 32.2 Å². The van der Waals surface area contributed by atoms with E-state index in [0.29, 0.717) is 10.9 Å². The van der Waals surface area contributed by atoms with Crippen molar-refractivity contribution in [3.05, 3.63) is 77.4 Å². The Labute approximate surface area is 203 Å². The number of hydrogen-bond donors (Lipinski definition) is 2. The topological polar surface area (TPSA) is 97.1 Å². The van der Waals surface area contributed by atoms with Crippen molar-refractivity contribution in [3.8, 4) is 22.0 Å². The van der Waals surface area contributed by atoms with Gasteiger partial charge in [0.1, 0.15) is 0 Å². The van der Waals surface area contributed by atoms with Crippen molar-refractivity contribution in [1.82, 2.24) is 15.3 Å². The fraction of sp³-hybridized carbons (Fsp3) is 0.120. The van der Waals surface area contributed by atoms with E-state index in [1.165, 1.54) is 29.6 Å². The van der Waals surface area contributed by atoms with E-state index in [1.54, 1.807) is 12.1 Å². The van der Waals surface area contributed by atoms with Gasteiger partial charge in [0.2, 0.25) is 5.91 Å². The lowest BCUT2D eigenvalue weighted by molar-refractivity contribution is -0.119. The van der Waals surface area contributed by atoms with E-state index in [9.17, 15) is 9.59 Å². The Morgan fingerprint density at radius 3 is 2.56 bits per heavy atom. The van der Waals surface area contributed by atoms with Gasteiger partial charge in [-0.25, -0.2) is 9.97 Å². The second-order valence-corrected chi connectivity index (χ2v) is 9.58. The summed E-state index contributed by atoms with van der Waals surface area (Å²) in [6.07, 6.45) is 0. The van der Waals surface area contributed by atoms with Crippen LogP contribution in [0.2, 0.25) is 0 Å². The van der Waals surface area contributed by atoms with Crippen molar-refractivity contribution in [2.75, 3.05) is 5.32 Å². The lowest BCUT2D eigenvalue weighted by Gasteiger charge is -2.12. The maximum absolute atomic E-state index is 12.7. The fourth-order valence-electron chi connectivity index (χ4n) is 3.51. The fourth-order valence-corrected chi connectivity index (χ4v) is 5.15. The summed E-state index contributed by atoms with van der Waals surface area (Å²) in [6, 6.07) is 19.0. The molecule has 2 N–H and O–H groups in total. The summed E-state index contributed by atoms with van der Waals surface area (Å²) >= 11 is 2.86. The van der Waals surface area contributed by atoms with E-state index >= 15 is 0 Å². The lowest BCUT2D eigenvalue weighted by atomic mass is 10.1. The van der Waals surface area contributed by atoms with Crippen LogP contribution in [0.15, 0.2) is 70.5 Å².